The number of primary sulfonamides is 1. The summed E-state index contributed by atoms with van der Waals surface area (Å²) in [5.41, 5.74) is 1.62. The molecular weight excluding hydrogens is 295 g/mol. The molecule has 0 amide bonds. The van der Waals surface area contributed by atoms with E-state index in [1.165, 1.54) is 18.2 Å². The Labute approximate surface area is 122 Å². The Balaban J connectivity index is 2.21. The smallest absolute Gasteiger partial charge is 0.238 e. The molecule has 5 nitrogen and oxygen atoms in total. The predicted molar refractivity (Wildman–Crippen MR) is 77.9 cm³/mol. The number of nitrogens with two attached hydrogens (primary N) is 1. The minimum absolute atomic E-state index is 0.0367. The van der Waals surface area contributed by atoms with Crippen LogP contribution in [0.15, 0.2) is 41.3 Å². The van der Waals surface area contributed by atoms with Gasteiger partial charge in [-0.15, -0.1) is 0 Å². The number of nitrogens with one attached hydrogen (secondary N) is 1. The van der Waals surface area contributed by atoms with Crippen molar-refractivity contribution in [1.29, 1.82) is 0 Å². The summed E-state index contributed by atoms with van der Waals surface area (Å²) in [6.45, 7) is 1.88. The van der Waals surface area contributed by atoms with Gasteiger partial charge in [-0.3, -0.25) is 0 Å². The molecule has 0 atom stereocenters. The van der Waals surface area contributed by atoms with Gasteiger partial charge in [0.25, 0.3) is 0 Å². The number of benzene rings is 2. The van der Waals surface area contributed by atoms with Crippen molar-refractivity contribution >= 4 is 15.7 Å². The van der Waals surface area contributed by atoms with Crippen LogP contribution in [0.25, 0.3) is 0 Å². The van der Waals surface area contributed by atoms with Crippen molar-refractivity contribution in [3.8, 4) is 5.75 Å². The van der Waals surface area contributed by atoms with Crippen molar-refractivity contribution in [2.45, 2.75) is 18.4 Å². The lowest BCUT2D eigenvalue weighted by Crippen LogP contribution is -2.14. The summed E-state index contributed by atoms with van der Waals surface area (Å²) in [5.74, 6) is -0.707. The summed E-state index contributed by atoms with van der Waals surface area (Å²) in [6.07, 6.45) is 0. The Bertz CT molecular complexity index is 756. The molecule has 0 spiro atoms. The third kappa shape index (κ3) is 3.93. The van der Waals surface area contributed by atoms with Crippen LogP contribution in [-0.2, 0) is 16.6 Å². The molecule has 0 saturated heterocycles. The Morgan fingerprint density at radius 2 is 1.95 bits per heavy atom. The van der Waals surface area contributed by atoms with Gasteiger partial charge in [-0.05, 0) is 42.3 Å². The standard InChI is InChI=1S/C14H15FN2O3S/c1-9-2-3-12(7-14(9)21(16,19)20)17-8-10-4-11(15)6-13(18)5-10/h2-7,17-18H,8H2,1H3,(H2,16,19,20). The van der Waals surface area contributed by atoms with Crippen LogP contribution < -0.4 is 10.5 Å². The number of sulfonamides is 1. The molecule has 0 fully saturated rings. The van der Waals surface area contributed by atoms with Crippen LogP contribution in [0.4, 0.5) is 10.1 Å². The molecule has 0 unspecified atom stereocenters. The van der Waals surface area contributed by atoms with Crippen molar-refractivity contribution in [3.63, 3.8) is 0 Å². The number of aromatic hydroxyl groups is 1. The van der Waals surface area contributed by atoms with E-state index in [9.17, 15) is 17.9 Å². The van der Waals surface area contributed by atoms with Crippen LogP contribution in [-0.4, -0.2) is 13.5 Å². The van der Waals surface area contributed by atoms with E-state index >= 15 is 0 Å². The summed E-state index contributed by atoms with van der Waals surface area (Å²) >= 11 is 0. The second-order valence-corrected chi connectivity index (χ2v) is 6.23. The molecule has 21 heavy (non-hydrogen) atoms. The van der Waals surface area contributed by atoms with Gasteiger partial charge in [-0.2, -0.15) is 0 Å². The number of rotatable bonds is 4. The number of hydrogen-bond acceptors (Lipinski definition) is 4. The van der Waals surface area contributed by atoms with Gasteiger partial charge in [0, 0.05) is 18.3 Å². The third-order valence-electron chi connectivity index (χ3n) is 2.93. The highest BCUT2D eigenvalue weighted by molar-refractivity contribution is 7.89. The summed E-state index contributed by atoms with van der Waals surface area (Å²) in [4.78, 5) is 0.0367. The van der Waals surface area contributed by atoms with E-state index in [0.717, 1.165) is 6.07 Å². The first kappa shape index (κ1) is 15.3. The fourth-order valence-corrected chi connectivity index (χ4v) is 2.76. The number of aryl methyl sites for hydroxylation is 1. The Kier molecular flexibility index (Phi) is 4.15. The molecule has 7 heteroatoms. The first-order valence-corrected chi connectivity index (χ1v) is 7.66. The zero-order valence-electron chi connectivity index (χ0n) is 11.3. The predicted octanol–water partition coefficient (Wildman–Crippen LogP) is 2.10. The maximum absolute atomic E-state index is 13.1. The Morgan fingerprint density at radius 1 is 1.24 bits per heavy atom. The Hall–Kier alpha value is -2.12. The van der Waals surface area contributed by atoms with Crippen LogP contribution in [0.1, 0.15) is 11.1 Å². The minimum Gasteiger partial charge on any atom is -0.508 e. The fourth-order valence-electron chi connectivity index (χ4n) is 1.96. The van der Waals surface area contributed by atoms with E-state index in [1.54, 1.807) is 19.1 Å². The van der Waals surface area contributed by atoms with E-state index in [2.05, 4.69) is 5.32 Å². The highest BCUT2D eigenvalue weighted by Gasteiger charge is 2.12. The molecular formula is C14H15FN2O3S. The van der Waals surface area contributed by atoms with Crippen LogP contribution in [0.2, 0.25) is 0 Å². The van der Waals surface area contributed by atoms with Gasteiger partial charge >= 0.3 is 0 Å². The van der Waals surface area contributed by atoms with E-state index < -0.39 is 15.8 Å². The molecule has 0 saturated carbocycles. The monoisotopic (exact) mass is 310 g/mol. The van der Waals surface area contributed by atoms with Gasteiger partial charge in [-0.1, -0.05) is 6.07 Å². The topological polar surface area (TPSA) is 92.4 Å². The molecule has 2 aromatic rings. The lowest BCUT2D eigenvalue weighted by atomic mass is 10.2. The lowest BCUT2D eigenvalue weighted by Gasteiger charge is -2.10. The van der Waals surface area contributed by atoms with Gasteiger partial charge in [0.1, 0.15) is 11.6 Å². The number of hydrogen-bond donors (Lipinski definition) is 3. The molecule has 112 valence electrons. The molecule has 0 aliphatic heterocycles. The molecule has 0 heterocycles. The van der Waals surface area contributed by atoms with Gasteiger partial charge < -0.3 is 10.4 Å². The molecule has 0 bridgehead atoms. The number of phenolic OH excluding ortho intramolecular Hbond substituents is 1. The van der Waals surface area contributed by atoms with Crippen LogP contribution in [0.5, 0.6) is 5.75 Å². The highest BCUT2D eigenvalue weighted by atomic mass is 32.2. The molecule has 2 rings (SSSR count). The minimum atomic E-state index is -3.79. The van der Waals surface area contributed by atoms with E-state index in [0.29, 0.717) is 16.8 Å². The zero-order chi connectivity index (χ0) is 15.6. The SMILES string of the molecule is Cc1ccc(NCc2cc(O)cc(F)c2)cc1S(N)(=O)=O. The van der Waals surface area contributed by atoms with Crippen molar-refractivity contribution in [2.75, 3.05) is 5.32 Å². The first-order valence-electron chi connectivity index (χ1n) is 6.11. The van der Waals surface area contributed by atoms with Gasteiger partial charge in [0.15, 0.2) is 0 Å². The molecule has 2 aromatic carbocycles. The summed E-state index contributed by atoms with van der Waals surface area (Å²) in [7, 11) is -3.79. The number of anilines is 1. The lowest BCUT2D eigenvalue weighted by molar-refractivity contribution is 0.468. The maximum Gasteiger partial charge on any atom is 0.238 e. The molecule has 4 N–H and O–H groups in total. The first-order chi connectivity index (χ1) is 9.75. The van der Waals surface area contributed by atoms with Crippen LogP contribution in [0, 0.1) is 12.7 Å². The van der Waals surface area contributed by atoms with Crippen molar-refractivity contribution < 1.29 is 17.9 Å². The number of phenols is 1. The van der Waals surface area contributed by atoms with E-state index in [-0.39, 0.29) is 17.2 Å². The van der Waals surface area contributed by atoms with Crippen molar-refractivity contribution in [3.05, 3.63) is 53.3 Å². The maximum atomic E-state index is 13.1. The third-order valence-corrected chi connectivity index (χ3v) is 3.99. The Morgan fingerprint density at radius 3 is 2.57 bits per heavy atom. The van der Waals surface area contributed by atoms with Crippen molar-refractivity contribution in [2.24, 2.45) is 5.14 Å². The quantitative estimate of drug-likeness (QED) is 0.806. The summed E-state index contributed by atoms with van der Waals surface area (Å²) < 4.78 is 36.0. The highest BCUT2D eigenvalue weighted by Crippen LogP contribution is 2.20. The average molecular weight is 310 g/mol. The largest absolute Gasteiger partial charge is 0.508 e. The van der Waals surface area contributed by atoms with Gasteiger partial charge in [-0.25, -0.2) is 17.9 Å². The number of halogens is 1. The van der Waals surface area contributed by atoms with Crippen molar-refractivity contribution in [1.82, 2.24) is 0 Å². The molecule has 0 aromatic heterocycles. The second kappa shape index (κ2) is 5.71. The zero-order valence-corrected chi connectivity index (χ0v) is 12.1. The summed E-state index contributed by atoms with van der Waals surface area (Å²) in [5, 5.41) is 17.4. The second-order valence-electron chi connectivity index (χ2n) is 4.70. The normalized spacial score (nSPS) is 11.4. The van der Waals surface area contributed by atoms with Crippen LogP contribution >= 0.6 is 0 Å². The van der Waals surface area contributed by atoms with E-state index in [1.807, 2.05) is 0 Å². The average Bonchev–Trinajstić information content (AvgIpc) is 2.35. The summed E-state index contributed by atoms with van der Waals surface area (Å²) in [6, 6.07) is 8.46. The van der Waals surface area contributed by atoms with E-state index in [4.69, 9.17) is 5.14 Å². The molecule has 0 radical (unpaired) electrons. The molecule has 0 aliphatic rings. The molecule has 0 aliphatic carbocycles. The van der Waals surface area contributed by atoms with Gasteiger partial charge in [0.05, 0.1) is 4.90 Å². The van der Waals surface area contributed by atoms with Crippen LogP contribution in [0.3, 0.4) is 0 Å². The fraction of sp³-hybridized carbons (Fsp3) is 0.143. The van der Waals surface area contributed by atoms with Gasteiger partial charge in [0.2, 0.25) is 10.0 Å².